The molecule has 2 aliphatic heterocycles. The zero-order chi connectivity index (χ0) is 12.8. The maximum atomic E-state index is 11.6. The zero-order valence-corrected chi connectivity index (χ0v) is 11.1. The second-order valence-corrected chi connectivity index (χ2v) is 5.30. The minimum absolute atomic E-state index is 0.0790. The molecule has 0 aromatic carbocycles. The highest BCUT2D eigenvalue weighted by molar-refractivity contribution is 5.73. The minimum Gasteiger partial charge on any atom is -0.378 e. The molecule has 2 N–H and O–H groups in total. The molecule has 2 heterocycles. The molecule has 0 aromatic heterocycles. The van der Waals surface area contributed by atoms with Crippen molar-refractivity contribution in [1.29, 1.82) is 0 Å². The molecule has 2 aliphatic rings. The predicted octanol–water partition coefficient (Wildman–Crippen LogP) is 1.28. The Balaban J connectivity index is 1.56. The Labute approximate surface area is 109 Å². The normalized spacial score (nSPS) is 32.2. The van der Waals surface area contributed by atoms with Gasteiger partial charge in [-0.2, -0.15) is 0 Å². The smallest absolute Gasteiger partial charge is 0.314 e. The molecular formula is C13H24N2O3. The van der Waals surface area contributed by atoms with Crippen molar-refractivity contribution < 1.29 is 14.3 Å². The Kier molecular flexibility index (Phi) is 5.26. The van der Waals surface area contributed by atoms with Gasteiger partial charge in [0.05, 0.1) is 12.2 Å². The second kappa shape index (κ2) is 6.95. The maximum Gasteiger partial charge on any atom is 0.314 e. The summed E-state index contributed by atoms with van der Waals surface area (Å²) in [7, 11) is 0. The number of carbonyl (C=O) groups excluding carboxylic acids is 1. The summed E-state index contributed by atoms with van der Waals surface area (Å²) in [6.07, 6.45) is 4.76. The average Bonchev–Trinajstić information content (AvgIpc) is 2.87. The van der Waals surface area contributed by atoms with Crippen LogP contribution in [0.3, 0.4) is 0 Å². The standard InChI is InChI=1S/C13H24N2O3/c1-10-7-11(4-6-17-10)8-14-13(16)15-9-12-3-2-5-18-12/h10-12H,2-9H2,1H3,(H2,14,15,16)/t10-,11+,12+/m1/s1. The number of rotatable bonds is 4. The van der Waals surface area contributed by atoms with E-state index in [1.807, 2.05) is 0 Å². The number of carbonyl (C=O) groups is 1. The van der Waals surface area contributed by atoms with Gasteiger partial charge in [-0.15, -0.1) is 0 Å². The number of ether oxygens (including phenoxy) is 2. The molecule has 0 saturated carbocycles. The monoisotopic (exact) mass is 256 g/mol. The van der Waals surface area contributed by atoms with Crippen molar-refractivity contribution in [3.63, 3.8) is 0 Å². The molecule has 104 valence electrons. The number of urea groups is 1. The van der Waals surface area contributed by atoms with Crippen LogP contribution in [-0.4, -0.2) is 44.5 Å². The van der Waals surface area contributed by atoms with Gasteiger partial charge in [-0.3, -0.25) is 0 Å². The highest BCUT2D eigenvalue weighted by Crippen LogP contribution is 2.18. The molecule has 5 heteroatoms. The first-order chi connectivity index (χ1) is 8.74. The number of nitrogens with one attached hydrogen (secondary N) is 2. The molecule has 2 saturated heterocycles. The first-order valence-electron chi connectivity index (χ1n) is 6.99. The number of amides is 2. The van der Waals surface area contributed by atoms with Crippen LogP contribution in [-0.2, 0) is 9.47 Å². The van der Waals surface area contributed by atoms with Gasteiger partial charge in [-0.1, -0.05) is 0 Å². The van der Waals surface area contributed by atoms with Gasteiger partial charge in [0.15, 0.2) is 0 Å². The molecule has 18 heavy (non-hydrogen) atoms. The molecule has 0 aliphatic carbocycles. The van der Waals surface area contributed by atoms with E-state index in [4.69, 9.17) is 9.47 Å². The zero-order valence-electron chi connectivity index (χ0n) is 11.1. The Morgan fingerprint density at radius 2 is 2.00 bits per heavy atom. The third-order valence-electron chi connectivity index (χ3n) is 3.66. The van der Waals surface area contributed by atoms with Crippen LogP contribution in [0, 0.1) is 5.92 Å². The van der Waals surface area contributed by atoms with Crippen LogP contribution in [0.15, 0.2) is 0 Å². The lowest BCUT2D eigenvalue weighted by Gasteiger charge is -2.27. The molecule has 0 bridgehead atoms. The van der Waals surface area contributed by atoms with E-state index in [1.54, 1.807) is 0 Å². The summed E-state index contributed by atoms with van der Waals surface area (Å²) in [6.45, 7) is 5.09. The Morgan fingerprint density at radius 1 is 1.17 bits per heavy atom. The van der Waals surface area contributed by atoms with Gasteiger partial charge in [-0.05, 0) is 38.5 Å². The predicted molar refractivity (Wildman–Crippen MR) is 68.5 cm³/mol. The van der Waals surface area contributed by atoms with E-state index in [0.717, 1.165) is 45.4 Å². The molecule has 2 fully saturated rings. The van der Waals surface area contributed by atoms with Crippen molar-refractivity contribution >= 4 is 6.03 Å². The molecular weight excluding hydrogens is 232 g/mol. The molecule has 0 spiro atoms. The first kappa shape index (κ1) is 13.6. The summed E-state index contributed by atoms with van der Waals surface area (Å²) in [5, 5.41) is 5.80. The van der Waals surface area contributed by atoms with Gasteiger partial charge in [-0.25, -0.2) is 4.79 Å². The van der Waals surface area contributed by atoms with E-state index >= 15 is 0 Å². The fourth-order valence-corrected chi connectivity index (χ4v) is 2.59. The summed E-state index contributed by atoms with van der Waals surface area (Å²) in [5.74, 6) is 0.544. The van der Waals surface area contributed by atoms with E-state index in [1.165, 1.54) is 0 Å². The summed E-state index contributed by atoms with van der Waals surface area (Å²) in [4.78, 5) is 11.6. The van der Waals surface area contributed by atoms with Gasteiger partial charge in [0.25, 0.3) is 0 Å². The fourth-order valence-electron chi connectivity index (χ4n) is 2.59. The van der Waals surface area contributed by atoms with E-state index in [2.05, 4.69) is 17.6 Å². The van der Waals surface area contributed by atoms with Gasteiger partial charge >= 0.3 is 6.03 Å². The fraction of sp³-hybridized carbons (Fsp3) is 0.923. The van der Waals surface area contributed by atoms with Crippen molar-refractivity contribution in [1.82, 2.24) is 10.6 Å². The van der Waals surface area contributed by atoms with Crippen LogP contribution >= 0.6 is 0 Å². The maximum absolute atomic E-state index is 11.6. The van der Waals surface area contributed by atoms with Crippen molar-refractivity contribution in [2.75, 3.05) is 26.3 Å². The lowest BCUT2D eigenvalue weighted by atomic mass is 9.96. The molecule has 2 rings (SSSR count). The van der Waals surface area contributed by atoms with Crippen LogP contribution < -0.4 is 10.6 Å². The van der Waals surface area contributed by atoms with Crippen LogP contribution in [0.4, 0.5) is 4.79 Å². The molecule has 3 atom stereocenters. The lowest BCUT2D eigenvalue weighted by Crippen LogP contribution is -2.42. The second-order valence-electron chi connectivity index (χ2n) is 5.30. The topological polar surface area (TPSA) is 59.6 Å². The quantitative estimate of drug-likeness (QED) is 0.796. The molecule has 0 aromatic rings. The summed E-state index contributed by atoms with van der Waals surface area (Å²) >= 11 is 0. The van der Waals surface area contributed by atoms with Crippen molar-refractivity contribution in [2.45, 2.75) is 44.8 Å². The molecule has 2 amide bonds. The summed E-state index contributed by atoms with van der Waals surface area (Å²) in [6, 6.07) is -0.0790. The SMILES string of the molecule is C[C@@H]1C[C@@H](CNC(=O)NC[C@@H]2CCCO2)CCO1. The first-order valence-corrected chi connectivity index (χ1v) is 6.99. The average molecular weight is 256 g/mol. The van der Waals surface area contributed by atoms with Crippen molar-refractivity contribution in [3.8, 4) is 0 Å². The minimum atomic E-state index is -0.0790. The van der Waals surface area contributed by atoms with E-state index in [0.29, 0.717) is 18.6 Å². The van der Waals surface area contributed by atoms with Crippen LogP contribution in [0.5, 0.6) is 0 Å². The molecule has 0 unspecified atom stereocenters. The van der Waals surface area contributed by atoms with Crippen LogP contribution in [0.25, 0.3) is 0 Å². The third-order valence-corrected chi connectivity index (χ3v) is 3.66. The van der Waals surface area contributed by atoms with Gasteiger partial charge in [0.2, 0.25) is 0 Å². The lowest BCUT2D eigenvalue weighted by molar-refractivity contribution is 0.00345. The van der Waals surface area contributed by atoms with Gasteiger partial charge < -0.3 is 20.1 Å². The van der Waals surface area contributed by atoms with Crippen LogP contribution in [0.2, 0.25) is 0 Å². The molecule has 5 nitrogen and oxygen atoms in total. The van der Waals surface area contributed by atoms with E-state index in [-0.39, 0.29) is 12.1 Å². The Morgan fingerprint density at radius 3 is 2.72 bits per heavy atom. The number of hydrogen-bond donors (Lipinski definition) is 2. The summed E-state index contributed by atoms with van der Waals surface area (Å²) in [5.41, 5.74) is 0. The third kappa shape index (κ3) is 4.46. The number of hydrogen-bond acceptors (Lipinski definition) is 3. The largest absolute Gasteiger partial charge is 0.378 e. The van der Waals surface area contributed by atoms with E-state index < -0.39 is 0 Å². The highest BCUT2D eigenvalue weighted by Gasteiger charge is 2.20. The highest BCUT2D eigenvalue weighted by atomic mass is 16.5. The summed E-state index contributed by atoms with van der Waals surface area (Å²) < 4.78 is 10.9. The Hall–Kier alpha value is -0.810. The van der Waals surface area contributed by atoms with Crippen LogP contribution in [0.1, 0.15) is 32.6 Å². The van der Waals surface area contributed by atoms with Gasteiger partial charge in [0, 0.05) is 26.3 Å². The van der Waals surface area contributed by atoms with Gasteiger partial charge in [0.1, 0.15) is 0 Å². The molecule has 0 radical (unpaired) electrons. The van der Waals surface area contributed by atoms with Crippen molar-refractivity contribution in [2.24, 2.45) is 5.92 Å². The Bertz CT molecular complexity index is 267. The van der Waals surface area contributed by atoms with Crippen molar-refractivity contribution in [3.05, 3.63) is 0 Å². The van der Waals surface area contributed by atoms with E-state index in [9.17, 15) is 4.79 Å².